The maximum atomic E-state index is 13.1. The summed E-state index contributed by atoms with van der Waals surface area (Å²) < 4.78 is 40.5. The van der Waals surface area contributed by atoms with E-state index in [1.807, 2.05) is 18.2 Å². The van der Waals surface area contributed by atoms with E-state index in [2.05, 4.69) is 29.8 Å². The van der Waals surface area contributed by atoms with Gasteiger partial charge in [0.25, 0.3) is 0 Å². The Balaban J connectivity index is 1.46. The van der Waals surface area contributed by atoms with E-state index in [9.17, 15) is 13.2 Å². The van der Waals surface area contributed by atoms with Crippen molar-refractivity contribution >= 4 is 11.5 Å². The van der Waals surface area contributed by atoms with Crippen LogP contribution < -0.4 is 4.90 Å². The number of hydrogen-bond acceptors (Lipinski definition) is 6. The summed E-state index contributed by atoms with van der Waals surface area (Å²) in [6, 6.07) is 5.85. The van der Waals surface area contributed by atoms with Crippen LogP contribution in [0, 0.1) is 0 Å². The standard InChI is InChI=1S/C20H16F3N7/c21-20(22,23)16-12-30-15(9-27-18(30)10-26-16)19-25-7-3-17(28-19)29-8-4-14(11-29)13-1-5-24-6-2-13/h1-3,5-7,9-10,12,14H,4,8,11H2. The molecule has 30 heavy (non-hydrogen) atoms. The summed E-state index contributed by atoms with van der Waals surface area (Å²) in [7, 11) is 0. The number of aromatic nitrogens is 6. The second-order valence-electron chi connectivity index (χ2n) is 7.09. The zero-order valence-electron chi connectivity index (χ0n) is 15.7. The predicted octanol–water partition coefficient (Wildman–Crippen LogP) is 3.59. The van der Waals surface area contributed by atoms with Crippen LogP contribution in [0.15, 0.2) is 55.4 Å². The molecule has 10 heteroatoms. The van der Waals surface area contributed by atoms with Gasteiger partial charge in [0.15, 0.2) is 17.2 Å². The molecular formula is C20H16F3N7. The Labute approximate surface area is 169 Å². The summed E-state index contributed by atoms with van der Waals surface area (Å²) in [4.78, 5) is 22.7. The Kier molecular flexibility index (Phi) is 4.34. The number of nitrogens with zero attached hydrogens (tertiary/aromatic N) is 7. The van der Waals surface area contributed by atoms with Crippen molar-refractivity contribution < 1.29 is 13.2 Å². The first-order valence-electron chi connectivity index (χ1n) is 9.37. The molecule has 0 amide bonds. The van der Waals surface area contributed by atoms with Gasteiger partial charge in [-0.25, -0.2) is 19.9 Å². The summed E-state index contributed by atoms with van der Waals surface area (Å²) in [5.74, 6) is 1.42. The number of rotatable bonds is 3. The fourth-order valence-corrected chi connectivity index (χ4v) is 3.73. The van der Waals surface area contributed by atoms with Gasteiger partial charge in [0.2, 0.25) is 0 Å². The third-order valence-corrected chi connectivity index (χ3v) is 5.25. The van der Waals surface area contributed by atoms with Crippen molar-refractivity contribution in [1.82, 2.24) is 29.3 Å². The van der Waals surface area contributed by atoms with Crippen LogP contribution in [-0.2, 0) is 6.18 Å². The van der Waals surface area contributed by atoms with Crippen molar-refractivity contribution in [2.24, 2.45) is 0 Å². The van der Waals surface area contributed by atoms with Crippen molar-refractivity contribution in [2.45, 2.75) is 18.5 Å². The molecule has 1 fully saturated rings. The number of pyridine rings is 1. The molecule has 1 atom stereocenters. The van der Waals surface area contributed by atoms with E-state index < -0.39 is 11.9 Å². The molecule has 1 unspecified atom stereocenters. The van der Waals surface area contributed by atoms with Gasteiger partial charge in [-0.1, -0.05) is 0 Å². The molecule has 0 aliphatic carbocycles. The van der Waals surface area contributed by atoms with Crippen LogP contribution in [0.5, 0.6) is 0 Å². The number of hydrogen-bond donors (Lipinski definition) is 0. The molecule has 0 radical (unpaired) electrons. The topological polar surface area (TPSA) is 72.1 Å². The lowest BCUT2D eigenvalue weighted by atomic mass is 10.00. The Morgan fingerprint density at radius 1 is 0.967 bits per heavy atom. The van der Waals surface area contributed by atoms with E-state index in [1.165, 1.54) is 16.2 Å². The highest BCUT2D eigenvalue weighted by molar-refractivity contribution is 5.58. The SMILES string of the molecule is FC(F)(F)c1cn2c(-c3nccc(N4CCC(c5ccncc5)C4)n3)cnc2cn1. The van der Waals surface area contributed by atoms with Crippen molar-refractivity contribution in [3.05, 3.63) is 66.6 Å². The summed E-state index contributed by atoms with van der Waals surface area (Å²) in [6.07, 6.45) is 5.10. The van der Waals surface area contributed by atoms with E-state index in [-0.39, 0.29) is 0 Å². The zero-order chi connectivity index (χ0) is 20.7. The summed E-state index contributed by atoms with van der Waals surface area (Å²) >= 11 is 0. The predicted molar refractivity (Wildman–Crippen MR) is 103 cm³/mol. The number of fused-ring (bicyclic) bond motifs is 1. The first kappa shape index (κ1) is 18.5. The highest BCUT2D eigenvalue weighted by Gasteiger charge is 2.33. The van der Waals surface area contributed by atoms with Crippen LogP contribution in [0.2, 0.25) is 0 Å². The molecule has 7 nitrogen and oxygen atoms in total. The maximum Gasteiger partial charge on any atom is 0.434 e. The van der Waals surface area contributed by atoms with Crippen LogP contribution in [0.1, 0.15) is 23.6 Å². The lowest BCUT2D eigenvalue weighted by molar-refractivity contribution is -0.141. The molecule has 152 valence electrons. The molecule has 4 aromatic heterocycles. The van der Waals surface area contributed by atoms with Gasteiger partial charge in [-0.15, -0.1) is 0 Å². The van der Waals surface area contributed by atoms with Crippen molar-refractivity contribution in [3.8, 4) is 11.5 Å². The highest BCUT2D eigenvalue weighted by atomic mass is 19.4. The number of imidazole rings is 1. The zero-order valence-corrected chi connectivity index (χ0v) is 15.7. The molecule has 0 N–H and O–H groups in total. The second-order valence-corrected chi connectivity index (χ2v) is 7.09. The van der Waals surface area contributed by atoms with Gasteiger partial charge in [0.05, 0.1) is 12.4 Å². The van der Waals surface area contributed by atoms with Gasteiger partial charge in [0, 0.05) is 43.8 Å². The minimum absolute atomic E-state index is 0.297. The smallest absolute Gasteiger partial charge is 0.356 e. The van der Waals surface area contributed by atoms with Crippen LogP contribution in [0.3, 0.4) is 0 Å². The molecule has 4 aromatic rings. The highest BCUT2D eigenvalue weighted by Crippen LogP contribution is 2.31. The number of alkyl halides is 3. The minimum atomic E-state index is -4.55. The van der Waals surface area contributed by atoms with Gasteiger partial charge in [-0.3, -0.25) is 9.38 Å². The van der Waals surface area contributed by atoms with Gasteiger partial charge < -0.3 is 4.90 Å². The van der Waals surface area contributed by atoms with Gasteiger partial charge >= 0.3 is 6.18 Å². The Morgan fingerprint density at radius 3 is 2.60 bits per heavy atom. The summed E-state index contributed by atoms with van der Waals surface area (Å²) in [6.45, 7) is 1.63. The fraction of sp³-hybridized carbons (Fsp3) is 0.250. The summed E-state index contributed by atoms with van der Waals surface area (Å²) in [5, 5.41) is 0. The molecule has 0 bridgehead atoms. The quantitative estimate of drug-likeness (QED) is 0.513. The van der Waals surface area contributed by atoms with Crippen molar-refractivity contribution in [1.29, 1.82) is 0 Å². The van der Waals surface area contributed by atoms with Crippen molar-refractivity contribution in [2.75, 3.05) is 18.0 Å². The first-order chi connectivity index (χ1) is 14.5. The van der Waals surface area contributed by atoms with E-state index in [4.69, 9.17) is 0 Å². The molecule has 0 spiro atoms. The Morgan fingerprint density at radius 2 is 1.80 bits per heavy atom. The normalized spacial score (nSPS) is 17.0. The van der Waals surface area contributed by atoms with Crippen LogP contribution in [0.25, 0.3) is 17.2 Å². The fourth-order valence-electron chi connectivity index (χ4n) is 3.73. The molecule has 1 aliphatic heterocycles. The second kappa shape index (κ2) is 7.05. The average Bonchev–Trinajstić information content (AvgIpc) is 3.41. The lowest BCUT2D eigenvalue weighted by Gasteiger charge is -2.18. The molecule has 1 saturated heterocycles. The molecule has 0 saturated carbocycles. The van der Waals surface area contributed by atoms with E-state index in [0.717, 1.165) is 37.7 Å². The van der Waals surface area contributed by atoms with E-state index in [0.29, 0.717) is 23.1 Å². The van der Waals surface area contributed by atoms with Crippen LogP contribution >= 0.6 is 0 Å². The molecular weight excluding hydrogens is 395 g/mol. The number of anilines is 1. The van der Waals surface area contributed by atoms with E-state index >= 15 is 0 Å². The molecule has 0 aromatic carbocycles. The summed E-state index contributed by atoms with van der Waals surface area (Å²) in [5.41, 5.74) is 0.913. The third kappa shape index (κ3) is 3.34. The van der Waals surface area contributed by atoms with Crippen LogP contribution in [-0.4, -0.2) is 42.4 Å². The van der Waals surface area contributed by atoms with Crippen LogP contribution in [0.4, 0.5) is 19.0 Å². The van der Waals surface area contributed by atoms with Gasteiger partial charge in [-0.2, -0.15) is 13.2 Å². The maximum absolute atomic E-state index is 13.1. The molecule has 1 aliphatic rings. The molecule has 5 heterocycles. The lowest BCUT2D eigenvalue weighted by Crippen LogP contribution is -2.20. The van der Waals surface area contributed by atoms with Gasteiger partial charge in [-0.05, 0) is 30.2 Å². The Hall–Kier alpha value is -3.56. The average molecular weight is 411 g/mol. The minimum Gasteiger partial charge on any atom is -0.356 e. The van der Waals surface area contributed by atoms with Crippen molar-refractivity contribution in [3.63, 3.8) is 0 Å². The third-order valence-electron chi connectivity index (χ3n) is 5.25. The van der Waals surface area contributed by atoms with Gasteiger partial charge in [0.1, 0.15) is 11.5 Å². The monoisotopic (exact) mass is 411 g/mol. The largest absolute Gasteiger partial charge is 0.434 e. The molecule has 5 rings (SSSR count). The first-order valence-corrected chi connectivity index (χ1v) is 9.37. The van der Waals surface area contributed by atoms with E-state index in [1.54, 1.807) is 18.6 Å². The number of halogens is 3. The Bertz CT molecular complexity index is 1190.